The molecule has 0 aliphatic carbocycles. The van der Waals surface area contributed by atoms with E-state index in [2.05, 4.69) is 4.90 Å². The van der Waals surface area contributed by atoms with Crippen molar-refractivity contribution in [1.29, 1.82) is 0 Å². The Morgan fingerprint density at radius 1 is 1.00 bits per heavy atom. The number of carbonyl (C=O) groups excluding carboxylic acids is 1. The van der Waals surface area contributed by atoms with Gasteiger partial charge in [-0.15, -0.1) is 24.8 Å². The molecule has 0 unspecified atom stereocenters. The zero-order valence-corrected chi connectivity index (χ0v) is 17.8. The number of hydrogen-bond donors (Lipinski definition) is 1. The summed E-state index contributed by atoms with van der Waals surface area (Å²) in [4.78, 5) is 14.7. The molecule has 0 saturated carbocycles. The summed E-state index contributed by atoms with van der Waals surface area (Å²) in [7, 11) is 1.98. The minimum absolute atomic E-state index is 0. The van der Waals surface area contributed by atoms with Gasteiger partial charge in [0.2, 0.25) is 0 Å². The van der Waals surface area contributed by atoms with Gasteiger partial charge in [-0.05, 0) is 42.6 Å². The van der Waals surface area contributed by atoms with Crippen molar-refractivity contribution in [3.63, 3.8) is 0 Å². The Bertz CT molecular complexity index is 664. The molecule has 150 valence electrons. The molecule has 2 aromatic carbocycles. The Balaban J connectivity index is 0.00000338. The topological polar surface area (TPSA) is 55.6 Å². The van der Waals surface area contributed by atoms with Crippen LogP contribution in [-0.4, -0.2) is 30.5 Å². The number of halogens is 2. The van der Waals surface area contributed by atoms with E-state index in [1.807, 2.05) is 75.5 Å². The number of benzene rings is 2. The third-order valence-electron chi connectivity index (χ3n) is 4.30. The zero-order valence-electron chi connectivity index (χ0n) is 16.1. The fourth-order valence-corrected chi connectivity index (χ4v) is 2.90. The summed E-state index contributed by atoms with van der Waals surface area (Å²) < 4.78 is 5.54. The smallest absolute Gasteiger partial charge is 0.323 e. The van der Waals surface area contributed by atoms with E-state index in [9.17, 15) is 4.79 Å². The molecule has 0 spiro atoms. The lowest BCUT2D eigenvalue weighted by atomic mass is 10.0. The van der Waals surface area contributed by atoms with Crippen LogP contribution in [-0.2, 0) is 22.6 Å². The summed E-state index contributed by atoms with van der Waals surface area (Å²) in [5.41, 5.74) is 8.70. The van der Waals surface area contributed by atoms with Gasteiger partial charge in [-0.3, -0.25) is 9.69 Å². The van der Waals surface area contributed by atoms with Crippen molar-refractivity contribution in [3.8, 4) is 0 Å². The summed E-state index contributed by atoms with van der Waals surface area (Å²) in [6.07, 6.45) is 0.867. The van der Waals surface area contributed by atoms with Crippen LogP contribution in [0.2, 0.25) is 0 Å². The molecule has 0 aliphatic heterocycles. The summed E-state index contributed by atoms with van der Waals surface area (Å²) in [6, 6.07) is 17.4. The molecule has 1 atom stereocenters. The third kappa shape index (κ3) is 8.21. The first-order valence-electron chi connectivity index (χ1n) is 8.72. The number of nitrogens with two attached hydrogens (primary N) is 1. The van der Waals surface area contributed by atoms with Gasteiger partial charge in [0, 0.05) is 12.2 Å². The molecule has 0 fully saturated rings. The Labute approximate surface area is 174 Å². The maximum atomic E-state index is 12.6. The van der Waals surface area contributed by atoms with Crippen LogP contribution in [0.25, 0.3) is 0 Å². The molecule has 27 heavy (non-hydrogen) atoms. The van der Waals surface area contributed by atoms with Gasteiger partial charge in [-0.2, -0.15) is 0 Å². The quantitative estimate of drug-likeness (QED) is 0.516. The van der Waals surface area contributed by atoms with Crippen LogP contribution in [0, 0.1) is 5.92 Å². The molecule has 6 heteroatoms. The number of rotatable bonds is 8. The van der Waals surface area contributed by atoms with Crippen LogP contribution < -0.4 is 5.73 Å². The number of nitrogens with zero attached hydrogens (tertiary/aromatic N) is 1. The van der Waals surface area contributed by atoms with E-state index < -0.39 is 0 Å². The first-order valence-corrected chi connectivity index (χ1v) is 8.72. The van der Waals surface area contributed by atoms with Gasteiger partial charge in [0.15, 0.2) is 0 Å². The number of esters is 1. The van der Waals surface area contributed by atoms with E-state index in [1.165, 1.54) is 5.56 Å². The van der Waals surface area contributed by atoms with Crippen molar-refractivity contribution in [1.82, 2.24) is 4.90 Å². The van der Waals surface area contributed by atoms with Gasteiger partial charge >= 0.3 is 5.97 Å². The normalized spacial score (nSPS) is 11.4. The first-order chi connectivity index (χ1) is 12.0. The number of nitrogen functional groups attached to an aromatic ring is 1. The molecule has 0 aliphatic rings. The zero-order chi connectivity index (χ0) is 18.2. The Kier molecular flexibility index (Phi) is 11.8. The molecule has 0 heterocycles. The van der Waals surface area contributed by atoms with E-state index in [4.69, 9.17) is 10.5 Å². The highest BCUT2D eigenvalue weighted by Crippen LogP contribution is 2.14. The lowest BCUT2D eigenvalue weighted by molar-refractivity contribution is -0.152. The highest BCUT2D eigenvalue weighted by atomic mass is 35.5. The molecule has 0 saturated heterocycles. The van der Waals surface area contributed by atoms with E-state index in [1.54, 1.807) is 0 Å². The standard InChI is InChI=1S/C21H28N2O2.2ClH/c1-16(2)20(21(24)25-15-18-7-5-4-6-8-18)23(3)14-13-17-9-11-19(22)12-10-17;;/h4-12,16,20H,13-15,22H2,1-3H3;2*1H/t20-;;/m0../s1. The average Bonchev–Trinajstić information content (AvgIpc) is 2.60. The predicted molar refractivity (Wildman–Crippen MR) is 117 cm³/mol. The van der Waals surface area contributed by atoms with E-state index in [-0.39, 0.29) is 42.7 Å². The van der Waals surface area contributed by atoms with Gasteiger partial charge < -0.3 is 10.5 Å². The molecule has 0 radical (unpaired) electrons. The monoisotopic (exact) mass is 412 g/mol. The van der Waals surface area contributed by atoms with Crippen molar-refractivity contribution in [2.75, 3.05) is 19.3 Å². The molecule has 0 bridgehead atoms. The fourth-order valence-electron chi connectivity index (χ4n) is 2.90. The van der Waals surface area contributed by atoms with Crippen molar-refractivity contribution >= 4 is 36.5 Å². The Morgan fingerprint density at radius 2 is 1.59 bits per heavy atom. The van der Waals surface area contributed by atoms with Gasteiger partial charge in [-0.25, -0.2) is 0 Å². The van der Waals surface area contributed by atoms with E-state index in [0.29, 0.717) is 6.61 Å². The van der Waals surface area contributed by atoms with Gasteiger partial charge in [-0.1, -0.05) is 56.3 Å². The number of anilines is 1. The van der Waals surface area contributed by atoms with Crippen LogP contribution in [0.3, 0.4) is 0 Å². The Hall–Kier alpha value is -1.75. The van der Waals surface area contributed by atoms with Crippen LogP contribution in [0.5, 0.6) is 0 Å². The predicted octanol–water partition coefficient (Wildman–Crippen LogP) is 4.35. The van der Waals surface area contributed by atoms with Crippen molar-refractivity contribution in [2.45, 2.75) is 32.9 Å². The fraction of sp³-hybridized carbons (Fsp3) is 0.381. The molecular weight excluding hydrogens is 383 g/mol. The minimum atomic E-state index is -0.252. The maximum Gasteiger partial charge on any atom is 0.323 e. The van der Waals surface area contributed by atoms with E-state index >= 15 is 0 Å². The van der Waals surface area contributed by atoms with Crippen molar-refractivity contribution < 1.29 is 9.53 Å². The molecule has 2 aromatic rings. The molecule has 0 aromatic heterocycles. The number of carbonyl (C=O) groups is 1. The number of ether oxygens (including phenoxy) is 1. The van der Waals surface area contributed by atoms with Crippen LogP contribution in [0.1, 0.15) is 25.0 Å². The second-order valence-corrected chi connectivity index (χ2v) is 6.75. The second-order valence-electron chi connectivity index (χ2n) is 6.75. The first kappa shape index (κ1) is 25.2. The third-order valence-corrected chi connectivity index (χ3v) is 4.30. The number of likely N-dealkylation sites (N-methyl/N-ethyl adjacent to an activating group) is 1. The van der Waals surface area contributed by atoms with Gasteiger partial charge in [0.25, 0.3) is 0 Å². The number of hydrogen-bond acceptors (Lipinski definition) is 4. The maximum absolute atomic E-state index is 12.6. The summed E-state index contributed by atoms with van der Waals surface area (Å²) in [5.74, 6) is 0.0124. The Morgan fingerprint density at radius 3 is 2.15 bits per heavy atom. The van der Waals surface area contributed by atoms with Gasteiger partial charge in [0.05, 0.1) is 0 Å². The van der Waals surface area contributed by atoms with Crippen LogP contribution in [0.4, 0.5) is 5.69 Å². The van der Waals surface area contributed by atoms with Crippen molar-refractivity contribution in [3.05, 3.63) is 65.7 Å². The van der Waals surface area contributed by atoms with Crippen LogP contribution in [0.15, 0.2) is 54.6 Å². The SMILES string of the molecule is CC(C)[C@@H](C(=O)OCc1ccccc1)N(C)CCc1ccc(N)cc1.Cl.Cl. The summed E-state index contributed by atoms with van der Waals surface area (Å²) >= 11 is 0. The lowest BCUT2D eigenvalue weighted by Gasteiger charge is -2.29. The minimum Gasteiger partial charge on any atom is -0.460 e. The van der Waals surface area contributed by atoms with Crippen molar-refractivity contribution in [2.24, 2.45) is 5.92 Å². The average molecular weight is 413 g/mol. The highest BCUT2D eigenvalue weighted by molar-refractivity contribution is 5.85. The molecule has 0 amide bonds. The van der Waals surface area contributed by atoms with Gasteiger partial charge in [0.1, 0.15) is 12.6 Å². The summed E-state index contributed by atoms with van der Waals surface area (Å²) in [5, 5.41) is 0. The largest absolute Gasteiger partial charge is 0.460 e. The molecule has 4 nitrogen and oxygen atoms in total. The molecule has 2 N–H and O–H groups in total. The van der Waals surface area contributed by atoms with E-state index in [0.717, 1.165) is 24.2 Å². The van der Waals surface area contributed by atoms with Crippen LogP contribution >= 0.6 is 24.8 Å². The molecule has 2 rings (SSSR count). The molecular formula is C21H30Cl2N2O2. The summed E-state index contributed by atoms with van der Waals surface area (Å²) in [6.45, 7) is 5.20. The second kappa shape index (κ2) is 12.6. The highest BCUT2D eigenvalue weighted by Gasteiger charge is 2.27. The lowest BCUT2D eigenvalue weighted by Crippen LogP contribution is -2.44.